The van der Waals surface area contributed by atoms with Crippen LogP contribution in [0.5, 0.6) is 0 Å². The lowest BCUT2D eigenvalue weighted by molar-refractivity contribution is -0.127. The van der Waals surface area contributed by atoms with Crippen molar-refractivity contribution in [2.75, 3.05) is 53.4 Å². The van der Waals surface area contributed by atoms with Crippen LogP contribution in [0.4, 0.5) is 0 Å². The molecule has 0 aliphatic carbocycles. The standard InChI is InChI=1S/C20H33N5O2S/c1-24(2)19(26)15-23-20(21-13-16-7-5-11-27-16)22-14-17(18-8-6-12-28-18)25-9-3-4-10-25/h6,8,12,16-17H,3-5,7,9-11,13-15H2,1-2H3,(H2,21,22,23). The van der Waals surface area contributed by atoms with Gasteiger partial charge in [0.1, 0.15) is 6.54 Å². The van der Waals surface area contributed by atoms with Crippen molar-refractivity contribution in [3.63, 3.8) is 0 Å². The number of hydrogen-bond acceptors (Lipinski definition) is 5. The number of nitrogens with zero attached hydrogens (tertiary/aromatic N) is 3. The molecule has 2 atom stereocenters. The first-order chi connectivity index (χ1) is 13.6. The second-order valence-electron chi connectivity index (χ2n) is 7.62. The highest BCUT2D eigenvalue weighted by Gasteiger charge is 2.24. The summed E-state index contributed by atoms with van der Waals surface area (Å²) in [6.45, 7) is 4.74. The minimum Gasteiger partial charge on any atom is -0.376 e. The molecule has 0 spiro atoms. The Kier molecular flexibility index (Phi) is 8.12. The lowest BCUT2D eigenvalue weighted by atomic mass is 10.2. The molecular weight excluding hydrogens is 374 g/mol. The third-order valence-corrected chi connectivity index (χ3v) is 6.28. The highest BCUT2D eigenvalue weighted by molar-refractivity contribution is 7.10. The van der Waals surface area contributed by atoms with Crippen LogP contribution in [-0.4, -0.2) is 81.2 Å². The second kappa shape index (κ2) is 10.8. The SMILES string of the molecule is CN(C)C(=O)CN=C(NCC1CCCO1)NCC(c1cccs1)N1CCCC1. The fraction of sp³-hybridized carbons (Fsp3) is 0.700. The second-order valence-corrected chi connectivity index (χ2v) is 8.60. The quantitative estimate of drug-likeness (QED) is 0.507. The average Bonchev–Trinajstić information content (AvgIpc) is 3.46. The first kappa shape index (κ1) is 21.1. The molecule has 1 amide bonds. The number of carbonyl (C=O) groups is 1. The van der Waals surface area contributed by atoms with E-state index in [0.717, 1.165) is 45.6 Å². The van der Waals surface area contributed by atoms with Crippen molar-refractivity contribution in [1.82, 2.24) is 20.4 Å². The van der Waals surface area contributed by atoms with E-state index in [1.54, 1.807) is 30.3 Å². The summed E-state index contributed by atoms with van der Waals surface area (Å²) in [7, 11) is 3.51. The number of ether oxygens (including phenoxy) is 1. The van der Waals surface area contributed by atoms with Gasteiger partial charge in [-0.3, -0.25) is 9.69 Å². The third kappa shape index (κ3) is 6.18. The van der Waals surface area contributed by atoms with Gasteiger partial charge in [0.2, 0.25) is 5.91 Å². The molecule has 3 rings (SSSR count). The zero-order valence-corrected chi connectivity index (χ0v) is 17.8. The highest BCUT2D eigenvalue weighted by atomic mass is 32.1. The maximum Gasteiger partial charge on any atom is 0.243 e. The van der Waals surface area contributed by atoms with Gasteiger partial charge in [-0.2, -0.15) is 0 Å². The summed E-state index contributed by atoms with van der Waals surface area (Å²) in [6, 6.07) is 4.66. The molecule has 3 heterocycles. The molecule has 28 heavy (non-hydrogen) atoms. The molecule has 0 bridgehead atoms. The minimum absolute atomic E-state index is 0.00688. The first-order valence-electron chi connectivity index (χ1n) is 10.2. The van der Waals surface area contributed by atoms with Crippen molar-refractivity contribution in [3.8, 4) is 0 Å². The van der Waals surface area contributed by atoms with E-state index >= 15 is 0 Å². The Morgan fingerprint density at radius 1 is 1.36 bits per heavy atom. The molecule has 2 aliphatic heterocycles. The van der Waals surface area contributed by atoms with Crippen LogP contribution in [0.15, 0.2) is 22.5 Å². The number of likely N-dealkylation sites (tertiary alicyclic amines) is 1. The molecule has 156 valence electrons. The fourth-order valence-corrected chi connectivity index (χ4v) is 4.48. The van der Waals surface area contributed by atoms with Gasteiger partial charge in [-0.25, -0.2) is 4.99 Å². The van der Waals surface area contributed by atoms with Gasteiger partial charge in [0.25, 0.3) is 0 Å². The lowest BCUT2D eigenvalue weighted by Crippen LogP contribution is -2.45. The van der Waals surface area contributed by atoms with E-state index < -0.39 is 0 Å². The number of guanidine groups is 1. The van der Waals surface area contributed by atoms with Crippen molar-refractivity contribution in [2.24, 2.45) is 4.99 Å². The summed E-state index contributed by atoms with van der Waals surface area (Å²) < 4.78 is 5.71. The van der Waals surface area contributed by atoms with E-state index in [1.165, 1.54) is 17.7 Å². The van der Waals surface area contributed by atoms with E-state index in [1.807, 2.05) is 0 Å². The summed E-state index contributed by atoms with van der Waals surface area (Å²) >= 11 is 1.80. The van der Waals surface area contributed by atoms with Gasteiger partial charge in [-0.15, -0.1) is 11.3 Å². The van der Waals surface area contributed by atoms with Crippen molar-refractivity contribution >= 4 is 23.2 Å². The summed E-state index contributed by atoms with van der Waals surface area (Å²) in [5.74, 6) is 0.680. The van der Waals surface area contributed by atoms with Crippen molar-refractivity contribution in [1.29, 1.82) is 0 Å². The van der Waals surface area contributed by atoms with Crippen LogP contribution in [0.1, 0.15) is 36.6 Å². The van der Waals surface area contributed by atoms with Gasteiger partial charge in [0, 0.05) is 38.7 Å². The van der Waals surface area contributed by atoms with Crippen LogP contribution < -0.4 is 10.6 Å². The summed E-state index contributed by atoms with van der Waals surface area (Å²) in [5, 5.41) is 8.99. The van der Waals surface area contributed by atoms with E-state index in [0.29, 0.717) is 12.0 Å². The Bertz CT molecular complexity index is 623. The Morgan fingerprint density at radius 2 is 2.18 bits per heavy atom. The van der Waals surface area contributed by atoms with Crippen molar-refractivity contribution < 1.29 is 9.53 Å². The molecule has 2 unspecified atom stereocenters. The Labute approximate surface area is 172 Å². The minimum atomic E-state index is -0.00688. The normalized spacial score (nSPS) is 21.6. The third-order valence-electron chi connectivity index (χ3n) is 5.31. The van der Waals surface area contributed by atoms with Crippen LogP contribution in [0.3, 0.4) is 0 Å². The van der Waals surface area contributed by atoms with Crippen LogP contribution in [-0.2, 0) is 9.53 Å². The Hall–Kier alpha value is -1.64. The van der Waals surface area contributed by atoms with Crippen LogP contribution >= 0.6 is 11.3 Å². The van der Waals surface area contributed by atoms with E-state index in [9.17, 15) is 4.79 Å². The van der Waals surface area contributed by atoms with E-state index in [4.69, 9.17) is 4.74 Å². The molecule has 2 fully saturated rings. The number of nitrogens with one attached hydrogen (secondary N) is 2. The number of thiophene rings is 1. The zero-order valence-electron chi connectivity index (χ0n) is 17.0. The Morgan fingerprint density at radius 3 is 2.82 bits per heavy atom. The molecule has 0 radical (unpaired) electrons. The van der Waals surface area contributed by atoms with Gasteiger partial charge in [-0.1, -0.05) is 6.07 Å². The van der Waals surface area contributed by atoms with Gasteiger partial charge >= 0.3 is 0 Å². The molecule has 8 heteroatoms. The van der Waals surface area contributed by atoms with E-state index in [-0.39, 0.29) is 18.6 Å². The first-order valence-corrected chi connectivity index (χ1v) is 11.1. The molecule has 1 aromatic rings. The van der Waals surface area contributed by atoms with Crippen molar-refractivity contribution in [2.45, 2.75) is 37.8 Å². The lowest BCUT2D eigenvalue weighted by Gasteiger charge is -2.28. The van der Waals surface area contributed by atoms with Gasteiger partial charge < -0.3 is 20.3 Å². The number of carbonyl (C=O) groups excluding carboxylic acids is 1. The molecular formula is C20H33N5O2S. The van der Waals surface area contributed by atoms with Crippen LogP contribution in [0.2, 0.25) is 0 Å². The molecule has 2 saturated heterocycles. The smallest absolute Gasteiger partial charge is 0.243 e. The van der Waals surface area contributed by atoms with Crippen LogP contribution in [0.25, 0.3) is 0 Å². The summed E-state index contributed by atoms with van der Waals surface area (Å²) in [5.41, 5.74) is 0. The van der Waals surface area contributed by atoms with Gasteiger partial charge in [-0.05, 0) is 50.2 Å². The van der Waals surface area contributed by atoms with Crippen molar-refractivity contribution in [3.05, 3.63) is 22.4 Å². The summed E-state index contributed by atoms with van der Waals surface area (Å²) in [6.07, 6.45) is 4.93. The van der Waals surface area contributed by atoms with Gasteiger partial charge in [0.05, 0.1) is 12.1 Å². The molecule has 2 N–H and O–H groups in total. The number of rotatable bonds is 8. The molecule has 0 aromatic carbocycles. The average molecular weight is 408 g/mol. The zero-order chi connectivity index (χ0) is 19.8. The largest absolute Gasteiger partial charge is 0.376 e. The molecule has 7 nitrogen and oxygen atoms in total. The number of hydrogen-bond donors (Lipinski definition) is 2. The maximum atomic E-state index is 12.0. The molecule has 0 saturated carbocycles. The molecule has 1 aromatic heterocycles. The molecule has 2 aliphatic rings. The predicted molar refractivity (Wildman–Crippen MR) is 114 cm³/mol. The Balaban J connectivity index is 1.62. The summed E-state index contributed by atoms with van der Waals surface area (Å²) in [4.78, 5) is 22.0. The predicted octanol–water partition coefficient (Wildman–Crippen LogP) is 1.69. The maximum absolute atomic E-state index is 12.0. The van der Waals surface area contributed by atoms with Gasteiger partial charge in [0.15, 0.2) is 5.96 Å². The monoisotopic (exact) mass is 407 g/mol. The van der Waals surface area contributed by atoms with E-state index in [2.05, 4.69) is 38.0 Å². The van der Waals surface area contributed by atoms with Crippen LogP contribution in [0, 0.1) is 0 Å². The number of aliphatic imine (C=N–C) groups is 1. The highest BCUT2D eigenvalue weighted by Crippen LogP contribution is 2.27. The number of likely N-dealkylation sites (N-methyl/N-ethyl adjacent to an activating group) is 1. The topological polar surface area (TPSA) is 69.2 Å². The fourth-order valence-electron chi connectivity index (χ4n) is 3.62. The number of amides is 1.